The molecule has 0 saturated heterocycles. The van der Waals surface area contributed by atoms with Crippen LogP contribution in [0.2, 0.25) is 0 Å². The van der Waals surface area contributed by atoms with Gasteiger partial charge in [0, 0.05) is 12.6 Å². The Bertz CT molecular complexity index is 501. The van der Waals surface area contributed by atoms with Gasteiger partial charge < -0.3 is 19.1 Å². The number of fused-ring (bicyclic) bond motifs is 1. The van der Waals surface area contributed by atoms with E-state index in [4.69, 9.17) is 14.2 Å². The average molecular weight is 293 g/mol. The fourth-order valence-electron chi connectivity index (χ4n) is 2.41. The van der Waals surface area contributed by atoms with Gasteiger partial charge in [-0.05, 0) is 51.8 Å². The fourth-order valence-corrected chi connectivity index (χ4v) is 2.41. The molecule has 1 aromatic carbocycles. The Hall–Kier alpha value is -1.91. The van der Waals surface area contributed by atoms with Crippen molar-refractivity contribution in [2.75, 3.05) is 13.3 Å². The molecule has 116 valence electrons. The molecule has 0 aliphatic carbocycles. The molecule has 0 spiro atoms. The minimum absolute atomic E-state index is 0.0571. The molecule has 0 aromatic heterocycles. The lowest BCUT2D eigenvalue weighted by molar-refractivity contribution is 0.0674. The van der Waals surface area contributed by atoms with Gasteiger partial charge in [-0.25, -0.2) is 4.79 Å². The molecular weight excluding hydrogens is 270 g/mol. The van der Waals surface area contributed by atoms with Gasteiger partial charge in [0.15, 0.2) is 11.5 Å². The quantitative estimate of drug-likeness (QED) is 0.836. The van der Waals surface area contributed by atoms with Gasteiger partial charge in [-0.2, -0.15) is 0 Å². The lowest BCUT2D eigenvalue weighted by Gasteiger charge is -2.28. The first-order chi connectivity index (χ1) is 10.0. The zero-order chi connectivity index (χ0) is 15.4. The van der Waals surface area contributed by atoms with Crippen LogP contribution in [0.25, 0.3) is 0 Å². The van der Waals surface area contributed by atoms with E-state index in [0.717, 1.165) is 23.5 Å². The summed E-state index contributed by atoms with van der Waals surface area (Å²) >= 11 is 0. The molecule has 0 fully saturated rings. The van der Waals surface area contributed by atoms with Crippen molar-refractivity contribution in [3.63, 3.8) is 0 Å². The summed E-state index contributed by atoms with van der Waals surface area (Å²) in [7, 11) is 0. The number of carbonyl (C=O) groups is 1. The minimum atomic E-state index is -0.263. The van der Waals surface area contributed by atoms with Crippen LogP contribution in [0.5, 0.6) is 11.5 Å². The van der Waals surface area contributed by atoms with Crippen molar-refractivity contribution in [1.29, 1.82) is 0 Å². The Morgan fingerprint density at radius 1 is 1.29 bits per heavy atom. The molecule has 0 unspecified atom stereocenters. The molecule has 0 radical (unpaired) electrons. The lowest BCUT2D eigenvalue weighted by atomic mass is 10.1. The van der Waals surface area contributed by atoms with Crippen LogP contribution >= 0.6 is 0 Å². The van der Waals surface area contributed by atoms with Gasteiger partial charge >= 0.3 is 6.09 Å². The Labute approximate surface area is 125 Å². The second-order valence-electron chi connectivity index (χ2n) is 5.46. The largest absolute Gasteiger partial charge is 0.454 e. The standard InChI is InChI=1S/C16H23NO4/c1-5-17(16(18)21-11(2)3)12(4)8-13-6-7-14-15(9-13)20-10-19-14/h6-7,9,11-12H,5,8,10H2,1-4H3/t12-/m0/s1. The summed E-state index contributed by atoms with van der Waals surface area (Å²) in [5.41, 5.74) is 1.11. The second-order valence-corrected chi connectivity index (χ2v) is 5.46. The summed E-state index contributed by atoms with van der Waals surface area (Å²) in [5.74, 6) is 1.55. The molecule has 1 amide bonds. The Morgan fingerprint density at radius 2 is 2.00 bits per heavy atom. The maximum atomic E-state index is 12.1. The van der Waals surface area contributed by atoms with Crippen LogP contribution in [-0.2, 0) is 11.2 Å². The van der Waals surface area contributed by atoms with Gasteiger partial charge in [0.2, 0.25) is 6.79 Å². The highest BCUT2D eigenvalue weighted by atomic mass is 16.7. The Morgan fingerprint density at radius 3 is 2.67 bits per heavy atom. The van der Waals surface area contributed by atoms with Gasteiger partial charge in [0.05, 0.1) is 6.10 Å². The van der Waals surface area contributed by atoms with E-state index in [1.807, 2.05) is 45.9 Å². The van der Waals surface area contributed by atoms with E-state index in [1.165, 1.54) is 0 Å². The second kappa shape index (κ2) is 6.70. The molecule has 5 heteroatoms. The van der Waals surface area contributed by atoms with Gasteiger partial charge in [0.25, 0.3) is 0 Å². The molecule has 2 rings (SSSR count). The van der Waals surface area contributed by atoms with E-state index in [9.17, 15) is 4.79 Å². The highest BCUT2D eigenvalue weighted by Gasteiger charge is 2.22. The van der Waals surface area contributed by atoms with Crippen LogP contribution in [-0.4, -0.2) is 36.5 Å². The molecule has 21 heavy (non-hydrogen) atoms. The van der Waals surface area contributed by atoms with Crippen molar-refractivity contribution in [3.05, 3.63) is 23.8 Å². The number of carbonyl (C=O) groups excluding carboxylic acids is 1. The first kappa shape index (κ1) is 15.5. The van der Waals surface area contributed by atoms with Crippen molar-refractivity contribution < 1.29 is 19.0 Å². The number of likely N-dealkylation sites (N-methyl/N-ethyl adjacent to an activating group) is 1. The molecule has 5 nitrogen and oxygen atoms in total. The van der Waals surface area contributed by atoms with Crippen molar-refractivity contribution in [3.8, 4) is 11.5 Å². The van der Waals surface area contributed by atoms with E-state index in [0.29, 0.717) is 6.54 Å². The first-order valence-corrected chi connectivity index (χ1v) is 7.37. The lowest BCUT2D eigenvalue weighted by Crippen LogP contribution is -2.40. The smallest absolute Gasteiger partial charge is 0.410 e. The summed E-state index contributed by atoms with van der Waals surface area (Å²) in [4.78, 5) is 13.8. The average Bonchev–Trinajstić information content (AvgIpc) is 2.85. The van der Waals surface area contributed by atoms with Crippen LogP contribution in [0, 0.1) is 0 Å². The zero-order valence-corrected chi connectivity index (χ0v) is 13.1. The molecule has 1 heterocycles. The third-order valence-electron chi connectivity index (χ3n) is 3.41. The van der Waals surface area contributed by atoms with E-state index in [-0.39, 0.29) is 25.0 Å². The first-order valence-electron chi connectivity index (χ1n) is 7.37. The van der Waals surface area contributed by atoms with Gasteiger partial charge in [-0.1, -0.05) is 6.07 Å². The van der Waals surface area contributed by atoms with Crippen molar-refractivity contribution >= 4 is 6.09 Å². The maximum absolute atomic E-state index is 12.1. The molecule has 0 saturated carbocycles. The third-order valence-corrected chi connectivity index (χ3v) is 3.41. The van der Waals surface area contributed by atoms with E-state index in [1.54, 1.807) is 4.90 Å². The van der Waals surface area contributed by atoms with Crippen LogP contribution < -0.4 is 9.47 Å². The predicted octanol–water partition coefficient (Wildman–Crippen LogP) is 3.21. The van der Waals surface area contributed by atoms with Gasteiger partial charge in [-0.3, -0.25) is 0 Å². The van der Waals surface area contributed by atoms with Crippen LogP contribution in [0.1, 0.15) is 33.3 Å². The number of ether oxygens (including phenoxy) is 3. The summed E-state index contributed by atoms with van der Waals surface area (Å²) in [6.07, 6.45) is 0.377. The van der Waals surface area contributed by atoms with Crippen LogP contribution in [0.4, 0.5) is 4.79 Å². The van der Waals surface area contributed by atoms with Crippen LogP contribution in [0.3, 0.4) is 0 Å². The molecule has 0 bridgehead atoms. The Kier molecular flexibility index (Phi) is 4.94. The highest BCUT2D eigenvalue weighted by molar-refractivity contribution is 5.68. The fraction of sp³-hybridized carbons (Fsp3) is 0.562. The number of hydrogen-bond donors (Lipinski definition) is 0. The number of hydrogen-bond acceptors (Lipinski definition) is 4. The highest BCUT2D eigenvalue weighted by Crippen LogP contribution is 2.33. The summed E-state index contributed by atoms with van der Waals surface area (Å²) in [6.45, 7) is 8.59. The van der Waals surface area contributed by atoms with E-state index >= 15 is 0 Å². The number of rotatable bonds is 5. The normalized spacial score (nSPS) is 14.1. The zero-order valence-electron chi connectivity index (χ0n) is 13.1. The number of amides is 1. The maximum Gasteiger partial charge on any atom is 0.410 e. The molecule has 1 aliphatic rings. The minimum Gasteiger partial charge on any atom is -0.454 e. The van der Waals surface area contributed by atoms with Crippen LogP contribution in [0.15, 0.2) is 18.2 Å². The topological polar surface area (TPSA) is 48.0 Å². The van der Waals surface area contributed by atoms with Gasteiger partial charge in [0.1, 0.15) is 0 Å². The molecule has 1 aliphatic heterocycles. The van der Waals surface area contributed by atoms with E-state index < -0.39 is 0 Å². The Balaban J connectivity index is 2.01. The van der Waals surface area contributed by atoms with Crippen molar-refractivity contribution in [2.24, 2.45) is 0 Å². The third kappa shape index (κ3) is 3.80. The van der Waals surface area contributed by atoms with Gasteiger partial charge in [-0.15, -0.1) is 0 Å². The SMILES string of the molecule is CCN(C(=O)OC(C)C)[C@@H](C)Cc1ccc2c(c1)OCO2. The number of benzene rings is 1. The molecular formula is C16H23NO4. The van der Waals surface area contributed by atoms with Crippen molar-refractivity contribution in [1.82, 2.24) is 4.90 Å². The summed E-state index contributed by atoms with van der Waals surface area (Å²) < 4.78 is 16.0. The summed E-state index contributed by atoms with van der Waals surface area (Å²) in [6, 6.07) is 5.95. The molecule has 1 atom stereocenters. The molecule has 1 aromatic rings. The number of nitrogens with zero attached hydrogens (tertiary/aromatic N) is 1. The van der Waals surface area contributed by atoms with E-state index in [2.05, 4.69) is 0 Å². The molecule has 0 N–H and O–H groups in total. The van der Waals surface area contributed by atoms with Crippen molar-refractivity contribution in [2.45, 2.75) is 46.3 Å². The monoisotopic (exact) mass is 293 g/mol. The summed E-state index contributed by atoms with van der Waals surface area (Å²) in [5, 5.41) is 0. The predicted molar refractivity (Wildman–Crippen MR) is 79.7 cm³/mol.